The Bertz CT molecular complexity index is 656. The first-order valence-electron chi connectivity index (χ1n) is 5.72. The molecule has 0 bridgehead atoms. The summed E-state index contributed by atoms with van der Waals surface area (Å²) in [5.74, 6) is -1.33. The summed E-state index contributed by atoms with van der Waals surface area (Å²) in [7, 11) is 1.58. The first kappa shape index (κ1) is 14.0. The number of anilines is 1. The van der Waals surface area contributed by atoms with Crippen LogP contribution in [0.5, 0.6) is 0 Å². The van der Waals surface area contributed by atoms with Gasteiger partial charge in [0.15, 0.2) is 0 Å². The Labute approximate surface area is 120 Å². The molecular formula is C14H11ClN2O3. The van der Waals surface area contributed by atoms with Crippen molar-refractivity contribution in [1.82, 2.24) is 4.98 Å². The van der Waals surface area contributed by atoms with Crippen LogP contribution in [0.1, 0.15) is 20.7 Å². The van der Waals surface area contributed by atoms with E-state index >= 15 is 0 Å². The molecule has 0 saturated carbocycles. The zero-order chi connectivity index (χ0) is 14.7. The number of benzene rings is 1. The van der Waals surface area contributed by atoms with Crippen molar-refractivity contribution in [3.63, 3.8) is 0 Å². The summed E-state index contributed by atoms with van der Waals surface area (Å²) in [4.78, 5) is 28.3. The predicted octanol–water partition coefficient (Wildman–Crippen LogP) is 2.71. The highest BCUT2D eigenvalue weighted by molar-refractivity contribution is 6.33. The lowest BCUT2D eigenvalue weighted by atomic mass is 10.2. The van der Waals surface area contributed by atoms with Gasteiger partial charge in [-0.2, -0.15) is 0 Å². The van der Waals surface area contributed by atoms with Gasteiger partial charge in [-0.25, -0.2) is 9.78 Å². The van der Waals surface area contributed by atoms with Crippen LogP contribution in [-0.2, 0) is 0 Å². The third-order valence-corrected chi connectivity index (χ3v) is 3.10. The van der Waals surface area contributed by atoms with Gasteiger partial charge in [-0.05, 0) is 36.4 Å². The molecule has 20 heavy (non-hydrogen) atoms. The summed E-state index contributed by atoms with van der Waals surface area (Å²) < 4.78 is 0. The van der Waals surface area contributed by atoms with Gasteiger partial charge in [0.25, 0.3) is 5.91 Å². The van der Waals surface area contributed by atoms with E-state index in [0.717, 1.165) is 0 Å². The van der Waals surface area contributed by atoms with Gasteiger partial charge in [-0.1, -0.05) is 11.6 Å². The summed E-state index contributed by atoms with van der Waals surface area (Å²) in [6.07, 6.45) is 1.50. The Morgan fingerprint density at radius 2 is 1.85 bits per heavy atom. The lowest BCUT2D eigenvalue weighted by Crippen LogP contribution is -2.26. The van der Waals surface area contributed by atoms with Crippen molar-refractivity contribution in [2.24, 2.45) is 0 Å². The highest BCUT2D eigenvalue weighted by atomic mass is 35.5. The number of carbonyl (C=O) groups is 2. The fourth-order valence-electron chi connectivity index (χ4n) is 1.67. The molecule has 0 aliphatic heterocycles. The summed E-state index contributed by atoms with van der Waals surface area (Å²) in [5, 5.41) is 8.96. The van der Waals surface area contributed by atoms with Gasteiger partial charge < -0.3 is 10.0 Å². The summed E-state index contributed by atoms with van der Waals surface area (Å²) in [6, 6.07) is 9.20. The number of halogens is 1. The number of carboxylic acid groups (broad SMARTS) is 1. The zero-order valence-corrected chi connectivity index (χ0v) is 11.3. The van der Waals surface area contributed by atoms with Crippen molar-refractivity contribution in [3.8, 4) is 0 Å². The minimum absolute atomic E-state index is 0.131. The monoisotopic (exact) mass is 290 g/mol. The molecule has 2 aromatic rings. The van der Waals surface area contributed by atoms with Crippen molar-refractivity contribution < 1.29 is 14.7 Å². The van der Waals surface area contributed by atoms with Crippen molar-refractivity contribution in [2.75, 3.05) is 11.9 Å². The smallest absolute Gasteiger partial charge is 0.335 e. The molecule has 2 rings (SSSR count). The number of hydrogen-bond donors (Lipinski definition) is 1. The Morgan fingerprint density at radius 1 is 1.20 bits per heavy atom. The number of carbonyl (C=O) groups excluding carboxylic acids is 1. The van der Waals surface area contributed by atoms with E-state index in [9.17, 15) is 9.59 Å². The molecule has 0 saturated heterocycles. The second kappa shape index (κ2) is 5.71. The van der Waals surface area contributed by atoms with E-state index in [4.69, 9.17) is 16.7 Å². The van der Waals surface area contributed by atoms with Gasteiger partial charge in [-0.15, -0.1) is 0 Å². The second-order valence-corrected chi connectivity index (χ2v) is 4.42. The lowest BCUT2D eigenvalue weighted by molar-refractivity contribution is 0.0696. The number of carboxylic acids is 1. The maximum atomic E-state index is 12.3. The number of pyridine rings is 1. The predicted molar refractivity (Wildman–Crippen MR) is 75.4 cm³/mol. The first-order valence-corrected chi connectivity index (χ1v) is 6.10. The third kappa shape index (κ3) is 2.78. The maximum Gasteiger partial charge on any atom is 0.335 e. The van der Waals surface area contributed by atoms with Crippen LogP contribution >= 0.6 is 11.6 Å². The summed E-state index contributed by atoms with van der Waals surface area (Å²) in [6.45, 7) is 0. The van der Waals surface area contributed by atoms with Crippen molar-refractivity contribution >= 4 is 29.2 Å². The fraction of sp³-hybridized carbons (Fsp3) is 0.0714. The van der Waals surface area contributed by atoms with E-state index in [2.05, 4.69) is 4.98 Å². The molecule has 102 valence electrons. The van der Waals surface area contributed by atoms with E-state index in [1.807, 2.05) is 0 Å². The van der Waals surface area contributed by atoms with E-state index in [-0.39, 0.29) is 16.6 Å². The Balaban J connectivity index is 2.27. The topological polar surface area (TPSA) is 70.5 Å². The molecule has 1 amide bonds. The molecule has 0 radical (unpaired) electrons. The first-order chi connectivity index (χ1) is 9.50. The molecule has 6 heteroatoms. The summed E-state index contributed by atoms with van der Waals surface area (Å²) >= 11 is 5.88. The molecule has 0 unspecified atom stereocenters. The van der Waals surface area contributed by atoms with Gasteiger partial charge >= 0.3 is 5.97 Å². The molecule has 1 aromatic carbocycles. The second-order valence-electron chi connectivity index (χ2n) is 4.06. The minimum Gasteiger partial charge on any atom is -0.478 e. The zero-order valence-electron chi connectivity index (χ0n) is 10.6. The van der Waals surface area contributed by atoms with Crippen molar-refractivity contribution in [1.29, 1.82) is 0 Å². The summed E-state index contributed by atoms with van der Waals surface area (Å²) in [5.41, 5.74) is 1.02. The quantitative estimate of drug-likeness (QED) is 0.882. The van der Waals surface area contributed by atoms with Crippen LogP contribution in [0.15, 0.2) is 42.6 Å². The van der Waals surface area contributed by atoms with Crippen LogP contribution in [0.4, 0.5) is 5.69 Å². The minimum atomic E-state index is -1.01. The van der Waals surface area contributed by atoms with Gasteiger partial charge in [0.2, 0.25) is 0 Å². The average Bonchev–Trinajstić information content (AvgIpc) is 2.46. The highest BCUT2D eigenvalue weighted by Crippen LogP contribution is 2.19. The number of hydrogen-bond acceptors (Lipinski definition) is 3. The van der Waals surface area contributed by atoms with E-state index in [0.29, 0.717) is 11.3 Å². The Kier molecular flexibility index (Phi) is 4.00. The lowest BCUT2D eigenvalue weighted by Gasteiger charge is -2.17. The molecule has 5 nitrogen and oxygen atoms in total. The van der Waals surface area contributed by atoms with E-state index in [1.165, 1.54) is 23.2 Å². The van der Waals surface area contributed by atoms with E-state index < -0.39 is 5.97 Å². The molecule has 0 spiro atoms. The van der Waals surface area contributed by atoms with Gasteiger partial charge in [0.1, 0.15) is 5.15 Å². The average molecular weight is 291 g/mol. The third-order valence-electron chi connectivity index (χ3n) is 2.80. The largest absolute Gasteiger partial charge is 0.478 e. The van der Waals surface area contributed by atoms with Crippen molar-refractivity contribution in [3.05, 3.63) is 58.9 Å². The van der Waals surface area contributed by atoms with Crippen LogP contribution in [-0.4, -0.2) is 29.0 Å². The number of nitrogens with zero attached hydrogens (tertiary/aromatic N) is 2. The highest BCUT2D eigenvalue weighted by Gasteiger charge is 2.17. The molecule has 0 fully saturated rings. The molecule has 0 aliphatic carbocycles. The number of rotatable bonds is 3. The van der Waals surface area contributed by atoms with Crippen LogP contribution < -0.4 is 4.90 Å². The number of aromatic nitrogens is 1. The van der Waals surface area contributed by atoms with Crippen LogP contribution in [0.3, 0.4) is 0 Å². The molecule has 0 aliphatic rings. The van der Waals surface area contributed by atoms with Gasteiger partial charge in [0.05, 0.1) is 11.1 Å². The van der Waals surface area contributed by atoms with Crippen LogP contribution in [0, 0.1) is 0 Å². The fourth-order valence-corrected chi connectivity index (χ4v) is 1.87. The van der Waals surface area contributed by atoms with Gasteiger partial charge in [-0.3, -0.25) is 4.79 Å². The van der Waals surface area contributed by atoms with Crippen LogP contribution in [0.2, 0.25) is 5.15 Å². The Morgan fingerprint density at radius 3 is 2.40 bits per heavy atom. The van der Waals surface area contributed by atoms with Gasteiger partial charge in [0, 0.05) is 18.9 Å². The Hall–Kier alpha value is -2.40. The molecular weight excluding hydrogens is 280 g/mol. The molecule has 1 N–H and O–H groups in total. The number of amides is 1. The molecule has 0 atom stereocenters. The van der Waals surface area contributed by atoms with Crippen LogP contribution in [0.25, 0.3) is 0 Å². The number of aromatic carboxylic acids is 1. The SMILES string of the molecule is CN(C(=O)c1cccnc1Cl)c1ccc(C(=O)O)cc1. The van der Waals surface area contributed by atoms with Crippen molar-refractivity contribution in [2.45, 2.75) is 0 Å². The molecule has 1 heterocycles. The van der Waals surface area contributed by atoms with E-state index in [1.54, 1.807) is 31.3 Å². The maximum absolute atomic E-state index is 12.3. The normalized spacial score (nSPS) is 10.1. The molecule has 1 aromatic heterocycles. The standard InChI is InChI=1S/C14H11ClN2O3/c1-17(10-6-4-9(5-7-10)14(19)20)13(18)11-3-2-8-16-12(11)15/h2-8H,1H3,(H,19,20).